The molecule has 0 unspecified atom stereocenters. The van der Waals surface area contributed by atoms with Gasteiger partial charge in [0.15, 0.2) is 5.82 Å². The highest BCUT2D eigenvalue weighted by Crippen LogP contribution is 2.15. The Bertz CT molecular complexity index is 503. The third kappa shape index (κ3) is 1.26. The van der Waals surface area contributed by atoms with E-state index in [0.29, 0.717) is 11.5 Å². The molecule has 0 radical (unpaired) electrons. The Labute approximate surface area is 74.7 Å². The smallest absolute Gasteiger partial charge is 0.238 e. The molecule has 0 saturated carbocycles. The molecule has 0 bridgehead atoms. The third-order valence-corrected chi connectivity index (χ3v) is 2.52. The molecule has 2 rings (SSSR count). The van der Waals surface area contributed by atoms with Gasteiger partial charge in [0.05, 0.1) is 12.5 Å². The van der Waals surface area contributed by atoms with E-state index >= 15 is 0 Å². The lowest BCUT2D eigenvalue weighted by Gasteiger charge is -2.05. The maximum atomic E-state index is 11.2. The Morgan fingerprint density at radius 1 is 1.38 bits per heavy atom. The molecular formula is C6H6N4O2S. The molecule has 0 saturated heterocycles. The topological polar surface area (TPSA) is 77.7 Å². The summed E-state index contributed by atoms with van der Waals surface area (Å²) in [6.07, 6.45) is 5.05. The molecule has 2 heterocycles. The second-order valence-corrected chi connectivity index (χ2v) is 4.39. The zero-order chi connectivity index (χ0) is 9.47. The van der Waals surface area contributed by atoms with Gasteiger partial charge in [-0.3, -0.25) is 0 Å². The highest BCUT2D eigenvalue weighted by Gasteiger charge is 2.15. The normalized spacial score (nSPS) is 12.1. The summed E-state index contributed by atoms with van der Waals surface area (Å²) in [5.41, 5.74) is 0.466. The van der Waals surface area contributed by atoms with Gasteiger partial charge in [0.1, 0.15) is 18.3 Å². The molecule has 0 fully saturated rings. The number of imidazole rings is 1. The zero-order valence-corrected chi connectivity index (χ0v) is 7.56. The summed E-state index contributed by atoms with van der Waals surface area (Å²) in [5.74, 6) is 0.303. The second-order valence-electron chi connectivity index (χ2n) is 2.53. The predicted octanol–water partition coefficient (Wildman–Crippen LogP) is -0.414. The van der Waals surface area contributed by atoms with E-state index in [1.165, 1.54) is 18.9 Å². The minimum atomic E-state index is -3.35. The van der Waals surface area contributed by atoms with Crippen molar-refractivity contribution >= 4 is 10.0 Å². The molecule has 2 aliphatic rings. The van der Waals surface area contributed by atoms with Crippen molar-refractivity contribution in [2.24, 2.45) is 0 Å². The van der Waals surface area contributed by atoms with Crippen LogP contribution in [0.15, 0.2) is 18.9 Å². The van der Waals surface area contributed by atoms with Gasteiger partial charge in [-0.25, -0.2) is 27.3 Å². The average molecular weight is 198 g/mol. The molecule has 0 N–H and O–H groups in total. The number of aromatic nitrogens is 4. The number of nitrogens with zero attached hydrogens (tertiary/aromatic N) is 4. The van der Waals surface area contributed by atoms with E-state index in [4.69, 9.17) is 0 Å². The van der Waals surface area contributed by atoms with Crippen molar-refractivity contribution in [3.63, 3.8) is 0 Å². The Morgan fingerprint density at radius 2 is 2.15 bits per heavy atom. The van der Waals surface area contributed by atoms with Gasteiger partial charge in [-0.2, -0.15) is 0 Å². The number of hydrogen-bond donors (Lipinski definition) is 0. The van der Waals surface area contributed by atoms with Crippen LogP contribution >= 0.6 is 0 Å². The monoisotopic (exact) mass is 198 g/mol. The molecule has 0 spiro atoms. The molecule has 0 aromatic carbocycles. The van der Waals surface area contributed by atoms with Crippen molar-refractivity contribution in [3.8, 4) is 11.5 Å². The van der Waals surface area contributed by atoms with Crippen molar-refractivity contribution in [1.82, 2.24) is 18.9 Å². The van der Waals surface area contributed by atoms with Crippen molar-refractivity contribution in [2.75, 3.05) is 6.26 Å². The van der Waals surface area contributed by atoms with E-state index < -0.39 is 10.0 Å². The van der Waals surface area contributed by atoms with Crippen LogP contribution < -0.4 is 0 Å². The predicted molar refractivity (Wildman–Crippen MR) is 44.7 cm³/mol. The van der Waals surface area contributed by atoms with Gasteiger partial charge in [-0.1, -0.05) is 0 Å². The van der Waals surface area contributed by atoms with Gasteiger partial charge < -0.3 is 0 Å². The standard InChI is InChI=1S/C6H6N4O2S/c1-13(11,12)10-4-7-2-5-6(10)9-3-8-5/h2-4H,1H3. The van der Waals surface area contributed by atoms with Gasteiger partial charge in [-0.15, -0.1) is 0 Å². The maximum absolute atomic E-state index is 11.2. The lowest BCUT2D eigenvalue weighted by molar-refractivity contribution is 0.592. The second kappa shape index (κ2) is 2.49. The SMILES string of the molecule is CS(=O)(=O)n1cncc2ncnc1-2. The molecule has 0 aromatic heterocycles. The van der Waals surface area contributed by atoms with Crippen LogP contribution in [0.25, 0.3) is 11.5 Å². The Balaban J connectivity index is 2.80. The van der Waals surface area contributed by atoms with E-state index in [9.17, 15) is 8.42 Å². The molecular weight excluding hydrogens is 192 g/mol. The minimum absolute atomic E-state index is 0.303. The summed E-state index contributed by atoms with van der Waals surface area (Å²) in [7, 11) is -3.35. The lowest BCUT2D eigenvalue weighted by atomic mass is 10.4. The summed E-state index contributed by atoms with van der Waals surface area (Å²) < 4.78 is 23.4. The van der Waals surface area contributed by atoms with E-state index in [-0.39, 0.29) is 0 Å². The van der Waals surface area contributed by atoms with Gasteiger partial charge >= 0.3 is 0 Å². The van der Waals surface area contributed by atoms with Crippen LogP contribution in [0.2, 0.25) is 0 Å². The molecule has 68 valence electrons. The number of rotatable bonds is 1. The first-order valence-electron chi connectivity index (χ1n) is 3.42. The van der Waals surface area contributed by atoms with Crippen LogP contribution in [0.1, 0.15) is 0 Å². The fraction of sp³-hybridized carbons (Fsp3) is 0.167. The van der Waals surface area contributed by atoms with Gasteiger partial charge in [0, 0.05) is 0 Å². The number of fused-ring (bicyclic) bond motifs is 1. The molecule has 7 heteroatoms. The summed E-state index contributed by atoms with van der Waals surface area (Å²) in [6.45, 7) is 0. The van der Waals surface area contributed by atoms with Gasteiger partial charge in [0.25, 0.3) is 0 Å². The van der Waals surface area contributed by atoms with Crippen LogP contribution in [0.5, 0.6) is 0 Å². The van der Waals surface area contributed by atoms with Crippen LogP contribution in [-0.2, 0) is 10.0 Å². The van der Waals surface area contributed by atoms with Crippen molar-refractivity contribution < 1.29 is 8.42 Å². The summed E-state index contributed by atoms with van der Waals surface area (Å²) in [5, 5.41) is 0. The van der Waals surface area contributed by atoms with Gasteiger partial charge in [0.2, 0.25) is 10.0 Å². The minimum Gasteiger partial charge on any atom is -0.243 e. The van der Waals surface area contributed by atoms with Crippen LogP contribution in [-0.4, -0.2) is 33.6 Å². The molecule has 0 aliphatic carbocycles. The van der Waals surface area contributed by atoms with E-state index in [0.717, 1.165) is 10.2 Å². The largest absolute Gasteiger partial charge is 0.243 e. The molecule has 13 heavy (non-hydrogen) atoms. The fourth-order valence-electron chi connectivity index (χ4n) is 0.992. The van der Waals surface area contributed by atoms with Crippen molar-refractivity contribution in [1.29, 1.82) is 0 Å². The molecule has 0 aromatic rings. The third-order valence-electron chi connectivity index (χ3n) is 1.54. The Hall–Kier alpha value is -1.50. The van der Waals surface area contributed by atoms with Crippen LogP contribution in [0.3, 0.4) is 0 Å². The number of hydrogen-bond acceptors (Lipinski definition) is 5. The zero-order valence-electron chi connectivity index (χ0n) is 6.75. The lowest BCUT2D eigenvalue weighted by Crippen LogP contribution is -2.14. The van der Waals surface area contributed by atoms with Gasteiger partial charge in [-0.05, 0) is 0 Å². The first-order chi connectivity index (χ1) is 6.09. The molecule has 2 aliphatic heterocycles. The first kappa shape index (κ1) is 8.11. The van der Waals surface area contributed by atoms with E-state index in [2.05, 4.69) is 15.0 Å². The van der Waals surface area contributed by atoms with Crippen LogP contribution in [0, 0.1) is 0 Å². The highest BCUT2D eigenvalue weighted by molar-refractivity contribution is 7.89. The maximum Gasteiger partial charge on any atom is 0.238 e. The van der Waals surface area contributed by atoms with E-state index in [1.807, 2.05) is 0 Å². The average Bonchev–Trinajstić information content (AvgIpc) is 2.48. The summed E-state index contributed by atoms with van der Waals surface area (Å²) >= 11 is 0. The summed E-state index contributed by atoms with van der Waals surface area (Å²) in [6, 6.07) is 0. The fourth-order valence-corrected chi connectivity index (χ4v) is 1.67. The van der Waals surface area contributed by atoms with Crippen molar-refractivity contribution in [2.45, 2.75) is 0 Å². The highest BCUT2D eigenvalue weighted by atomic mass is 32.2. The molecule has 6 nitrogen and oxygen atoms in total. The molecule has 0 amide bonds. The molecule has 0 atom stereocenters. The first-order valence-corrected chi connectivity index (χ1v) is 5.27. The van der Waals surface area contributed by atoms with Crippen LogP contribution in [0.4, 0.5) is 0 Å². The summed E-state index contributed by atoms with van der Waals surface area (Å²) in [4.78, 5) is 11.4. The van der Waals surface area contributed by atoms with Crippen molar-refractivity contribution in [3.05, 3.63) is 18.9 Å². The van der Waals surface area contributed by atoms with E-state index in [1.54, 1.807) is 0 Å². The quantitative estimate of drug-likeness (QED) is 0.622. The Kier molecular flexibility index (Phi) is 1.56. The Morgan fingerprint density at radius 3 is 2.85 bits per heavy atom.